The van der Waals surface area contributed by atoms with Crippen molar-refractivity contribution >= 4 is 28.7 Å². The van der Waals surface area contributed by atoms with Crippen LogP contribution in [0.15, 0.2) is 65.8 Å². The molecule has 3 aromatic carbocycles. The summed E-state index contributed by atoms with van der Waals surface area (Å²) in [6.45, 7) is 0.333. The first-order valence-electron chi connectivity index (χ1n) is 10.3. The monoisotopic (exact) mass is 463 g/mol. The summed E-state index contributed by atoms with van der Waals surface area (Å²) in [7, 11) is 4.68. The fourth-order valence-corrected chi connectivity index (χ4v) is 4.26. The highest BCUT2D eigenvalue weighted by molar-refractivity contribution is 7.98. The third-order valence-corrected chi connectivity index (χ3v) is 6.08. The van der Waals surface area contributed by atoms with Crippen molar-refractivity contribution in [3.05, 3.63) is 77.4 Å². The molecule has 0 bridgehead atoms. The maximum absolute atomic E-state index is 12.6. The number of aromatic nitrogens is 2. The van der Waals surface area contributed by atoms with Crippen molar-refractivity contribution in [1.29, 1.82) is 0 Å². The Morgan fingerprint density at radius 1 is 0.939 bits per heavy atom. The number of benzene rings is 3. The van der Waals surface area contributed by atoms with Crippen molar-refractivity contribution in [1.82, 2.24) is 15.3 Å². The van der Waals surface area contributed by atoms with E-state index in [0.717, 1.165) is 33.1 Å². The first-order valence-corrected chi connectivity index (χ1v) is 11.3. The zero-order chi connectivity index (χ0) is 23.2. The molecule has 0 saturated heterocycles. The lowest BCUT2D eigenvalue weighted by Crippen LogP contribution is -2.22. The summed E-state index contributed by atoms with van der Waals surface area (Å²) < 4.78 is 16.1. The van der Waals surface area contributed by atoms with Gasteiger partial charge in [-0.2, -0.15) is 0 Å². The number of fused-ring (bicyclic) bond motifs is 1. The predicted molar refractivity (Wildman–Crippen MR) is 129 cm³/mol. The molecule has 0 fully saturated rings. The third-order valence-electron chi connectivity index (χ3n) is 5.14. The molecule has 1 heterocycles. The van der Waals surface area contributed by atoms with E-state index in [1.165, 1.54) is 0 Å². The molecule has 0 aliphatic rings. The smallest absolute Gasteiger partial charge is 0.251 e. The van der Waals surface area contributed by atoms with Crippen LogP contribution >= 0.6 is 11.8 Å². The number of methoxy groups -OCH3 is 3. The Labute approximate surface area is 196 Å². The summed E-state index contributed by atoms with van der Waals surface area (Å²) in [5.74, 6) is 2.22. The van der Waals surface area contributed by atoms with Crippen LogP contribution in [0.4, 0.5) is 0 Å². The Hall–Kier alpha value is -3.65. The van der Waals surface area contributed by atoms with Gasteiger partial charge in [-0.05, 0) is 47.5 Å². The lowest BCUT2D eigenvalue weighted by atomic mass is 10.1. The van der Waals surface area contributed by atoms with E-state index in [1.54, 1.807) is 33.1 Å². The molecule has 8 heteroatoms. The van der Waals surface area contributed by atoms with Gasteiger partial charge in [0, 0.05) is 17.9 Å². The zero-order valence-corrected chi connectivity index (χ0v) is 19.5. The van der Waals surface area contributed by atoms with Crippen LogP contribution in [0.3, 0.4) is 0 Å². The van der Waals surface area contributed by atoms with Crippen LogP contribution in [-0.2, 0) is 12.3 Å². The molecule has 0 saturated carbocycles. The molecule has 2 N–H and O–H groups in total. The van der Waals surface area contributed by atoms with Gasteiger partial charge in [-0.25, -0.2) is 4.98 Å². The Balaban J connectivity index is 1.35. The van der Waals surface area contributed by atoms with Crippen LogP contribution in [0.5, 0.6) is 17.2 Å². The van der Waals surface area contributed by atoms with Gasteiger partial charge in [0.25, 0.3) is 5.91 Å². The van der Waals surface area contributed by atoms with Gasteiger partial charge in [-0.1, -0.05) is 36.0 Å². The molecule has 7 nitrogen and oxygen atoms in total. The van der Waals surface area contributed by atoms with Crippen molar-refractivity contribution in [2.45, 2.75) is 17.5 Å². The molecule has 0 aliphatic heterocycles. The minimum atomic E-state index is -0.153. The van der Waals surface area contributed by atoms with E-state index >= 15 is 0 Å². The number of carbonyl (C=O) groups is 1. The van der Waals surface area contributed by atoms with Crippen LogP contribution in [-0.4, -0.2) is 37.2 Å². The molecule has 1 aromatic heterocycles. The molecule has 0 unspecified atom stereocenters. The molecule has 33 heavy (non-hydrogen) atoms. The van der Waals surface area contributed by atoms with Gasteiger partial charge in [-0.3, -0.25) is 4.79 Å². The van der Waals surface area contributed by atoms with E-state index in [0.29, 0.717) is 29.4 Å². The molecule has 0 spiro atoms. The Kier molecular flexibility index (Phi) is 7.04. The van der Waals surface area contributed by atoms with Crippen molar-refractivity contribution < 1.29 is 19.0 Å². The molecular formula is C25H25N3O4S. The minimum absolute atomic E-state index is 0.153. The van der Waals surface area contributed by atoms with Crippen LogP contribution in [0, 0.1) is 0 Å². The minimum Gasteiger partial charge on any atom is -0.493 e. The first kappa shape index (κ1) is 22.5. The highest BCUT2D eigenvalue weighted by Crippen LogP contribution is 2.38. The predicted octanol–water partition coefficient (Wildman–Crippen LogP) is 4.81. The molecule has 4 aromatic rings. The number of carbonyl (C=O) groups excluding carboxylic acids is 1. The summed E-state index contributed by atoms with van der Waals surface area (Å²) in [5.41, 5.74) is 4.54. The van der Waals surface area contributed by atoms with Crippen molar-refractivity contribution in [2.75, 3.05) is 21.3 Å². The van der Waals surface area contributed by atoms with Crippen LogP contribution < -0.4 is 19.5 Å². The number of amides is 1. The van der Waals surface area contributed by atoms with Crippen molar-refractivity contribution in [3.8, 4) is 17.2 Å². The fourth-order valence-electron chi connectivity index (χ4n) is 3.42. The van der Waals surface area contributed by atoms with E-state index in [9.17, 15) is 4.79 Å². The van der Waals surface area contributed by atoms with Gasteiger partial charge in [-0.15, -0.1) is 0 Å². The number of imidazole rings is 1. The van der Waals surface area contributed by atoms with E-state index in [1.807, 2.05) is 60.7 Å². The van der Waals surface area contributed by atoms with Crippen molar-refractivity contribution in [2.24, 2.45) is 0 Å². The summed E-state index contributed by atoms with van der Waals surface area (Å²) in [6.07, 6.45) is 0. The van der Waals surface area contributed by atoms with Crippen molar-refractivity contribution in [3.63, 3.8) is 0 Å². The van der Waals surface area contributed by atoms with Gasteiger partial charge in [0.05, 0.1) is 32.4 Å². The number of thioether (sulfide) groups is 1. The van der Waals surface area contributed by atoms with Gasteiger partial charge in [0.15, 0.2) is 16.7 Å². The number of para-hydroxylation sites is 2. The summed E-state index contributed by atoms with van der Waals surface area (Å²) in [5, 5.41) is 3.81. The van der Waals surface area contributed by atoms with Gasteiger partial charge in [0.2, 0.25) is 5.75 Å². The Bertz CT molecular complexity index is 1200. The van der Waals surface area contributed by atoms with Gasteiger partial charge < -0.3 is 24.5 Å². The highest BCUT2D eigenvalue weighted by atomic mass is 32.2. The van der Waals surface area contributed by atoms with Crippen LogP contribution in [0.2, 0.25) is 0 Å². The fraction of sp³-hybridized carbons (Fsp3) is 0.200. The second-order valence-corrected chi connectivity index (χ2v) is 8.23. The molecule has 0 aliphatic carbocycles. The second-order valence-electron chi connectivity index (χ2n) is 7.26. The van der Waals surface area contributed by atoms with E-state index in [-0.39, 0.29) is 5.91 Å². The second kappa shape index (κ2) is 10.3. The number of nitrogens with zero attached hydrogens (tertiary/aromatic N) is 1. The largest absolute Gasteiger partial charge is 0.493 e. The maximum atomic E-state index is 12.6. The SMILES string of the molecule is COc1cc(CNC(=O)c2ccc(CSc3nc4ccccc4[nH]3)cc2)cc(OC)c1OC. The number of hydrogen-bond donors (Lipinski definition) is 2. The standard InChI is InChI=1S/C25H25N3O4S/c1-30-21-12-17(13-22(31-2)23(21)32-3)14-26-24(29)18-10-8-16(9-11-18)15-33-25-27-19-6-4-5-7-20(19)28-25/h4-13H,14-15H2,1-3H3,(H,26,29)(H,27,28). The lowest BCUT2D eigenvalue weighted by molar-refractivity contribution is 0.0951. The number of aromatic amines is 1. The number of ether oxygens (including phenoxy) is 3. The van der Waals surface area contributed by atoms with Crippen LogP contribution in [0.25, 0.3) is 11.0 Å². The van der Waals surface area contributed by atoms with Gasteiger partial charge in [0.1, 0.15) is 0 Å². The molecule has 170 valence electrons. The Morgan fingerprint density at radius 2 is 1.64 bits per heavy atom. The highest BCUT2D eigenvalue weighted by Gasteiger charge is 2.14. The molecule has 0 atom stereocenters. The first-order chi connectivity index (χ1) is 16.1. The Morgan fingerprint density at radius 3 is 2.27 bits per heavy atom. The molecule has 1 amide bonds. The lowest BCUT2D eigenvalue weighted by Gasteiger charge is -2.14. The van der Waals surface area contributed by atoms with Gasteiger partial charge >= 0.3 is 0 Å². The average molecular weight is 464 g/mol. The van der Waals surface area contributed by atoms with E-state index in [4.69, 9.17) is 14.2 Å². The molecular weight excluding hydrogens is 438 g/mol. The quantitative estimate of drug-likeness (QED) is 0.347. The number of nitrogens with one attached hydrogen (secondary N) is 2. The summed E-state index contributed by atoms with van der Waals surface area (Å²) in [6, 6.07) is 19.2. The summed E-state index contributed by atoms with van der Waals surface area (Å²) >= 11 is 1.63. The maximum Gasteiger partial charge on any atom is 0.251 e. The number of H-pyrrole nitrogens is 1. The average Bonchev–Trinajstić information content (AvgIpc) is 3.28. The molecule has 4 rings (SSSR count). The number of rotatable bonds is 9. The van der Waals surface area contributed by atoms with E-state index < -0.39 is 0 Å². The van der Waals surface area contributed by atoms with Crippen LogP contribution in [0.1, 0.15) is 21.5 Å². The normalized spacial score (nSPS) is 10.8. The summed E-state index contributed by atoms with van der Waals surface area (Å²) in [4.78, 5) is 20.5. The third kappa shape index (κ3) is 5.23. The zero-order valence-electron chi connectivity index (χ0n) is 18.7. The topological polar surface area (TPSA) is 85.5 Å². The number of hydrogen-bond acceptors (Lipinski definition) is 6. The van der Waals surface area contributed by atoms with E-state index in [2.05, 4.69) is 15.3 Å². The molecule has 0 radical (unpaired) electrons.